The Hall–Kier alpha value is -2.44. The predicted octanol–water partition coefficient (Wildman–Crippen LogP) is 3.50. The van der Waals surface area contributed by atoms with Crippen LogP contribution in [0.2, 0.25) is 10.0 Å². The summed E-state index contributed by atoms with van der Waals surface area (Å²) in [5.74, 6) is -1.31. The maximum atomic E-state index is 11.9. The molecule has 24 heavy (non-hydrogen) atoms. The summed E-state index contributed by atoms with van der Waals surface area (Å²) in [6.07, 6.45) is 0. The van der Waals surface area contributed by atoms with Crippen molar-refractivity contribution in [3.8, 4) is 11.5 Å². The van der Waals surface area contributed by atoms with Gasteiger partial charge in [0.15, 0.2) is 6.61 Å². The van der Waals surface area contributed by atoms with Gasteiger partial charge in [-0.25, -0.2) is 4.79 Å². The molecule has 0 unspecified atom stereocenters. The molecule has 0 aliphatic carbocycles. The molecule has 0 fully saturated rings. The number of nitrogens with one attached hydrogen (secondary N) is 1. The van der Waals surface area contributed by atoms with Crippen LogP contribution in [0, 0.1) is 0 Å². The van der Waals surface area contributed by atoms with Crippen LogP contribution in [0.5, 0.6) is 11.5 Å². The number of ether oxygens (including phenoxy) is 2. The van der Waals surface area contributed by atoms with Crippen LogP contribution in [0.3, 0.4) is 0 Å². The van der Waals surface area contributed by atoms with Gasteiger partial charge < -0.3 is 19.9 Å². The standard InChI is InChI=1S/C16H13Cl2NO5/c1-23-10-3-5-14(20)11(7-10)16(22)24-8-15(21)19-9-2-4-12(17)13(18)6-9/h2-7,20H,8H2,1H3,(H,19,21). The number of hydrogen-bond acceptors (Lipinski definition) is 5. The maximum Gasteiger partial charge on any atom is 0.342 e. The van der Waals surface area contributed by atoms with Crippen molar-refractivity contribution in [3.05, 3.63) is 52.0 Å². The molecular weight excluding hydrogens is 357 g/mol. The van der Waals surface area contributed by atoms with Crippen LogP contribution < -0.4 is 10.1 Å². The van der Waals surface area contributed by atoms with Crippen LogP contribution in [0.25, 0.3) is 0 Å². The molecule has 2 rings (SSSR count). The van der Waals surface area contributed by atoms with E-state index in [1.165, 1.54) is 37.4 Å². The summed E-state index contributed by atoms with van der Waals surface area (Å²) in [5, 5.41) is 12.8. The molecule has 0 atom stereocenters. The first kappa shape index (κ1) is 17.9. The summed E-state index contributed by atoms with van der Waals surface area (Å²) in [5.41, 5.74) is 0.311. The van der Waals surface area contributed by atoms with Crippen LogP contribution in [-0.2, 0) is 9.53 Å². The summed E-state index contributed by atoms with van der Waals surface area (Å²) in [4.78, 5) is 23.7. The Bertz CT molecular complexity index is 779. The lowest BCUT2D eigenvalue weighted by Gasteiger charge is -2.09. The smallest absolute Gasteiger partial charge is 0.342 e. The van der Waals surface area contributed by atoms with Gasteiger partial charge in [0.25, 0.3) is 5.91 Å². The van der Waals surface area contributed by atoms with Gasteiger partial charge in [-0.05, 0) is 36.4 Å². The first-order valence-electron chi connectivity index (χ1n) is 6.69. The van der Waals surface area contributed by atoms with Crippen molar-refractivity contribution < 1.29 is 24.2 Å². The monoisotopic (exact) mass is 369 g/mol. The molecule has 1 amide bonds. The third-order valence-electron chi connectivity index (χ3n) is 2.96. The highest BCUT2D eigenvalue weighted by molar-refractivity contribution is 6.42. The molecule has 0 spiro atoms. The number of benzene rings is 2. The normalized spacial score (nSPS) is 10.1. The lowest BCUT2D eigenvalue weighted by molar-refractivity contribution is -0.119. The second-order valence-corrected chi connectivity index (χ2v) is 5.45. The van der Waals surface area contributed by atoms with Gasteiger partial charge in [-0.15, -0.1) is 0 Å². The van der Waals surface area contributed by atoms with Crippen molar-refractivity contribution in [1.29, 1.82) is 0 Å². The summed E-state index contributed by atoms with van der Waals surface area (Å²) in [7, 11) is 1.42. The highest BCUT2D eigenvalue weighted by Crippen LogP contribution is 2.25. The van der Waals surface area contributed by atoms with Crippen molar-refractivity contribution in [2.75, 3.05) is 19.0 Å². The van der Waals surface area contributed by atoms with Crippen molar-refractivity contribution >= 4 is 40.8 Å². The number of rotatable bonds is 5. The number of carbonyl (C=O) groups excluding carboxylic acids is 2. The Morgan fingerprint density at radius 1 is 1.12 bits per heavy atom. The van der Waals surface area contributed by atoms with Crippen LogP contribution in [-0.4, -0.2) is 30.7 Å². The first-order valence-corrected chi connectivity index (χ1v) is 7.45. The minimum absolute atomic E-state index is 0.100. The van der Waals surface area contributed by atoms with Gasteiger partial charge in [-0.2, -0.15) is 0 Å². The number of anilines is 1. The molecule has 8 heteroatoms. The van der Waals surface area contributed by atoms with E-state index in [-0.39, 0.29) is 16.3 Å². The van der Waals surface area contributed by atoms with E-state index in [1.54, 1.807) is 6.07 Å². The third-order valence-corrected chi connectivity index (χ3v) is 3.70. The van der Waals surface area contributed by atoms with E-state index in [2.05, 4.69) is 5.32 Å². The SMILES string of the molecule is COc1ccc(O)c(C(=O)OCC(=O)Nc2ccc(Cl)c(Cl)c2)c1. The average Bonchev–Trinajstić information content (AvgIpc) is 2.56. The highest BCUT2D eigenvalue weighted by Gasteiger charge is 2.16. The van der Waals surface area contributed by atoms with Crippen LogP contribution in [0.4, 0.5) is 5.69 Å². The van der Waals surface area contributed by atoms with Gasteiger partial charge in [0, 0.05) is 5.69 Å². The zero-order valence-electron chi connectivity index (χ0n) is 12.5. The van der Waals surface area contributed by atoms with Crippen LogP contribution in [0.1, 0.15) is 10.4 Å². The molecule has 0 saturated carbocycles. The van der Waals surface area contributed by atoms with E-state index in [0.29, 0.717) is 16.5 Å². The fourth-order valence-electron chi connectivity index (χ4n) is 1.79. The average molecular weight is 370 g/mol. The number of esters is 1. The molecule has 0 aliphatic rings. The molecule has 2 N–H and O–H groups in total. The molecular formula is C16H13Cl2NO5. The van der Waals surface area contributed by atoms with E-state index in [4.69, 9.17) is 32.7 Å². The van der Waals surface area contributed by atoms with E-state index >= 15 is 0 Å². The minimum Gasteiger partial charge on any atom is -0.507 e. The quantitative estimate of drug-likeness (QED) is 0.787. The number of halogens is 2. The maximum absolute atomic E-state index is 11.9. The van der Waals surface area contributed by atoms with Crippen LogP contribution >= 0.6 is 23.2 Å². The van der Waals surface area contributed by atoms with Gasteiger partial charge >= 0.3 is 5.97 Å². The molecule has 0 saturated heterocycles. The zero-order chi connectivity index (χ0) is 17.7. The van der Waals surface area contributed by atoms with E-state index < -0.39 is 18.5 Å². The lowest BCUT2D eigenvalue weighted by atomic mass is 10.2. The van der Waals surface area contributed by atoms with E-state index in [9.17, 15) is 14.7 Å². The zero-order valence-corrected chi connectivity index (χ0v) is 14.0. The number of hydrogen-bond donors (Lipinski definition) is 2. The fraction of sp³-hybridized carbons (Fsp3) is 0.125. The Balaban J connectivity index is 1.96. The summed E-state index contributed by atoms with van der Waals surface area (Å²) in [6, 6.07) is 8.65. The molecule has 2 aromatic carbocycles. The van der Waals surface area contributed by atoms with Crippen molar-refractivity contribution in [2.24, 2.45) is 0 Å². The Labute approximate surface area is 147 Å². The highest BCUT2D eigenvalue weighted by atomic mass is 35.5. The van der Waals surface area contributed by atoms with Crippen molar-refractivity contribution in [3.63, 3.8) is 0 Å². The van der Waals surface area contributed by atoms with Crippen LogP contribution in [0.15, 0.2) is 36.4 Å². The Morgan fingerprint density at radius 3 is 2.54 bits per heavy atom. The van der Waals surface area contributed by atoms with Gasteiger partial charge in [-0.3, -0.25) is 4.79 Å². The molecule has 0 aliphatic heterocycles. The topological polar surface area (TPSA) is 84.9 Å². The van der Waals surface area contributed by atoms with Gasteiger partial charge in [0.05, 0.1) is 17.2 Å². The fourth-order valence-corrected chi connectivity index (χ4v) is 2.08. The minimum atomic E-state index is -0.851. The van der Waals surface area contributed by atoms with Gasteiger partial charge in [-0.1, -0.05) is 23.2 Å². The largest absolute Gasteiger partial charge is 0.507 e. The van der Waals surface area contributed by atoms with Crippen molar-refractivity contribution in [1.82, 2.24) is 0 Å². The molecule has 0 heterocycles. The summed E-state index contributed by atoms with van der Waals surface area (Å²) < 4.78 is 9.83. The lowest BCUT2D eigenvalue weighted by Crippen LogP contribution is -2.21. The van der Waals surface area contributed by atoms with Gasteiger partial charge in [0.1, 0.15) is 17.1 Å². The third kappa shape index (κ3) is 4.53. The van der Waals surface area contributed by atoms with E-state index in [1.807, 2.05) is 0 Å². The van der Waals surface area contributed by atoms with Crippen molar-refractivity contribution in [2.45, 2.75) is 0 Å². The molecule has 2 aromatic rings. The summed E-state index contributed by atoms with van der Waals surface area (Å²) in [6.45, 7) is -0.532. The first-order chi connectivity index (χ1) is 11.4. The number of carbonyl (C=O) groups is 2. The molecule has 6 nitrogen and oxygen atoms in total. The number of methoxy groups -OCH3 is 1. The number of amides is 1. The van der Waals surface area contributed by atoms with E-state index in [0.717, 1.165) is 0 Å². The number of aromatic hydroxyl groups is 1. The molecule has 126 valence electrons. The molecule has 0 radical (unpaired) electrons. The Morgan fingerprint density at radius 2 is 1.88 bits per heavy atom. The number of phenolic OH excluding ortho intramolecular Hbond substituents is 1. The summed E-state index contributed by atoms with van der Waals surface area (Å²) >= 11 is 11.6. The Kier molecular flexibility index (Phi) is 5.89. The molecule has 0 aromatic heterocycles. The van der Waals surface area contributed by atoms with Gasteiger partial charge in [0.2, 0.25) is 0 Å². The molecule has 0 bridgehead atoms. The predicted molar refractivity (Wildman–Crippen MR) is 90.0 cm³/mol. The number of phenols is 1. The second kappa shape index (κ2) is 7.90. The second-order valence-electron chi connectivity index (χ2n) is 4.64.